The van der Waals surface area contributed by atoms with Gasteiger partial charge in [0.2, 0.25) is 0 Å². The Hall–Kier alpha value is -4.04. The van der Waals surface area contributed by atoms with Gasteiger partial charge in [0.1, 0.15) is 5.75 Å². The van der Waals surface area contributed by atoms with Gasteiger partial charge in [-0.1, -0.05) is 29.4 Å². The fourth-order valence-corrected chi connectivity index (χ4v) is 2.67. The molecule has 2 aromatic rings. The lowest BCUT2D eigenvalue weighted by atomic mass is 10.1. The van der Waals surface area contributed by atoms with Crippen LogP contribution in [0.2, 0.25) is 0 Å². The van der Waals surface area contributed by atoms with Crippen LogP contribution in [0.15, 0.2) is 47.6 Å². The molecular formula is C20H21N5O5. The molecule has 0 radical (unpaired) electrons. The fourth-order valence-electron chi connectivity index (χ4n) is 2.67. The lowest BCUT2D eigenvalue weighted by Gasteiger charge is -2.14. The van der Waals surface area contributed by atoms with Crippen molar-refractivity contribution in [3.63, 3.8) is 0 Å². The molecule has 0 aromatic heterocycles. The predicted octanol–water partition coefficient (Wildman–Crippen LogP) is 2.51. The number of nitrogens with one attached hydrogen (secondary N) is 2. The third-order valence-electron chi connectivity index (χ3n) is 4.27. The van der Waals surface area contributed by atoms with E-state index in [1.54, 1.807) is 31.2 Å². The molecule has 10 nitrogen and oxygen atoms in total. The third kappa shape index (κ3) is 6.25. The molecule has 0 saturated carbocycles. The van der Waals surface area contributed by atoms with Crippen LogP contribution in [0.25, 0.3) is 10.4 Å². The molecule has 2 amide bonds. The molecule has 0 aliphatic rings. The van der Waals surface area contributed by atoms with Crippen LogP contribution in [-0.2, 0) is 11.3 Å². The Morgan fingerprint density at radius 2 is 1.83 bits per heavy atom. The van der Waals surface area contributed by atoms with Crippen LogP contribution >= 0.6 is 0 Å². The topological polar surface area (TPSA) is 164 Å². The van der Waals surface area contributed by atoms with Crippen molar-refractivity contribution in [2.24, 2.45) is 5.11 Å². The molecule has 0 aliphatic heterocycles. The number of amides is 2. The Bertz CT molecular complexity index is 980. The van der Waals surface area contributed by atoms with E-state index in [-0.39, 0.29) is 36.4 Å². The van der Waals surface area contributed by atoms with Gasteiger partial charge in [-0.15, -0.1) is 0 Å². The van der Waals surface area contributed by atoms with Crippen molar-refractivity contribution in [1.29, 1.82) is 0 Å². The van der Waals surface area contributed by atoms with E-state index in [2.05, 4.69) is 20.7 Å². The summed E-state index contributed by atoms with van der Waals surface area (Å²) >= 11 is 0. The predicted molar refractivity (Wildman–Crippen MR) is 108 cm³/mol. The first-order valence-corrected chi connectivity index (χ1v) is 9.01. The lowest BCUT2D eigenvalue weighted by molar-refractivity contribution is -0.137. The average molecular weight is 411 g/mol. The Labute approximate surface area is 172 Å². The molecule has 0 fully saturated rings. The molecule has 0 bridgehead atoms. The SMILES string of the molecule is Cc1cccc(C(=O)NCc2ccc(C(=O)N[C@H](CN=[N+]=[N-])CC(=O)O)cc2)c1O. The number of phenolic OH excluding ortho intramolecular Hbond substituents is 1. The molecule has 10 heteroatoms. The summed E-state index contributed by atoms with van der Waals surface area (Å²) in [6, 6.07) is 10.4. The molecule has 30 heavy (non-hydrogen) atoms. The molecule has 0 heterocycles. The van der Waals surface area contributed by atoms with Gasteiger partial charge in [-0.3, -0.25) is 14.4 Å². The first-order valence-electron chi connectivity index (χ1n) is 9.01. The van der Waals surface area contributed by atoms with Gasteiger partial charge in [-0.05, 0) is 41.8 Å². The van der Waals surface area contributed by atoms with Crippen LogP contribution in [0, 0.1) is 6.92 Å². The second-order valence-electron chi connectivity index (χ2n) is 6.53. The maximum absolute atomic E-state index is 12.3. The highest BCUT2D eigenvalue weighted by atomic mass is 16.4. The number of aryl methyl sites for hydroxylation is 1. The monoisotopic (exact) mass is 411 g/mol. The molecule has 156 valence electrons. The zero-order valence-corrected chi connectivity index (χ0v) is 16.2. The Morgan fingerprint density at radius 3 is 2.47 bits per heavy atom. The van der Waals surface area contributed by atoms with Crippen molar-refractivity contribution in [3.05, 3.63) is 75.2 Å². The van der Waals surface area contributed by atoms with E-state index < -0.39 is 23.8 Å². The molecule has 2 aromatic carbocycles. The second kappa shape index (κ2) is 10.5. The number of benzene rings is 2. The second-order valence-corrected chi connectivity index (χ2v) is 6.53. The maximum atomic E-state index is 12.3. The molecular weight excluding hydrogens is 390 g/mol. The highest BCUT2D eigenvalue weighted by molar-refractivity contribution is 5.97. The van der Waals surface area contributed by atoms with Gasteiger partial charge >= 0.3 is 5.97 Å². The van der Waals surface area contributed by atoms with E-state index in [0.29, 0.717) is 5.56 Å². The maximum Gasteiger partial charge on any atom is 0.305 e. The summed E-state index contributed by atoms with van der Waals surface area (Å²) in [5.41, 5.74) is 10.2. The number of carboxylic acid groups (broad SMARTS) is 1. The highest BCUT2D eigenvalue weighted by Gasteiger charge is 2.17. The smallest absolute Gasteiger partial charge is 0.305 e. The number of hydrogen-bond donors (Lipinski definition) is 4. The molecule has 0 unspecified atom stereocenters. The van der Waals surface area contributed by atoms with Crippen molar-refractivity contribution in [2.45, 2.75) is 25.9 Å². The number of azide groups is 1. The molecule has 1 atom stereocenters. The summed E-state index contributed by atoms with van der Waals surface area (Å²) < 4.78 is 0. The fraction of sp³-hybridized carbons (Fsp3) is 0.250. The zero-order valence-electron chi connectivity index (χ0n) is 16.2. The quantitative estimate of drug-likeness (QED) is 0.282. The lowest BCUT2D eigenvalue weighted by Crippen LogP contribution is -2.38. The van der Waals surface area contributed by atoms with E-state index in [1.807, 2.05) is 0 Å². The number of carboxylic acids is 1. The highest BCUT2D eigenvalue weighted by Crippen LogP contribution is 2.21. The molecule has 2 rings (SSSR count). The van der Waals surface area contributed by atoms with Gasteiger partial charge in [0.15, 0.2) is 0 Å². The minimum Gasteiger partial charge on any atom is -0.507 e. The number of carbonyl (C=O) groups is 3. The number of carbonyl (C=O) groups excluding carboxylic acids is 2. The number of hydrogen-bond acceptors (Lipinski definition) is 5. The van der Waals surface area contributed by atoms with Crippen LogP contribution in [-0.4, -0.2) is 40.6 Å². The van der Waals surface area contributed by atoms with Crippen LogP contribution in [0.1, 0.15) is 38.3 Å². The Morgan fingerprint density at radius 1 is 1.13 bits per heavy atom. The van der Waals surface area contributed by atoms with E-state index >= 15 is 0 Å². The van der Waals surface area contributed by atoms with E-state index in [0.717, 1.165) is 5.56 Å². The number of para-hydroxylation sites is 1. The summed E-state index contributed by atoms with van der Waals surface area (Å²) in [5, 5.41) is 27.4. The first kappa shape index (κ1) is 22.3. The van der Waals surface area contributed by atoms with Crippen LogP contribution in [0.4, 0.5) is 0 Å². The van der Waals surface area contributed by atoms with Gasteiger partial charge in [-0.25, -0.2) is 0 Å². The van der Waals surface area contributed by atoms with E-state index in [4.69, 9.17) is 10.6 Å². The van der Waals surface area contributed by atoms with Gasteiger partial charge < -0.3 is 20.8 Å². The third-order valence-corrected chi connectivity index (χ3v) is 4.27. The molecule has 0 saturated heterocycles. The van der Waals surface area contributed by atoms with Gasteiger partial charge in [0.25, 0.3) is 11.8 Å². The number of aromatic hydroxyl groups is 1. The van der Waals surface area contributed by atoms with Crippen molar-refractivity contribution in [3.8, 4) is 5.75 Å². The number of aliphatic carboxylic acids is 1. The summed E-state index contributed by atoms with van der Waals surface area (Å²) in [5.74, 6) is -2.12. The van der Waals surface area contributed by atoms with E-state index in [1.165, 1.54) is 18.2 Å². The van der Waals surface area contributed by atoms with Crippen molar-refractivity contribution in [1.82, 2.24) is 10.6 Å². The minimum absolute atomic E-state index is 0.0707. The summed E-state index contributed by atoms with van der Waals surface area (Å²) in [7, 11) is 0. The normalized spacial score (nSPS) is 11.1. The van der Waals surface area contributed by atoms with Crippen molar-refractivity contribution in [2.75, 3.05) is 6.54 Å². The molecule has 0 aliphatic carbocycles. The van der Waals surface area contributed by atoms with Crippen LogP contribution < -0.4 is 10.6 Å². The first-order chi connectivity index (χ1) is 14.3. The standard InChI is InChI=1S/C20H21N5O5/c1-12-3-2-4-16(18(12)28)20(30)22-10-13-5-7-14(8-6-13)19(29)24-15(9-17(26)27)11-23-25-21/h2-8,15,28H,9-11H2,1H3,(H,22,30)(H,24,29)(H,26,27)/t15-/m0/s1. The van der Waals surface area contributed by atoms with Gasteiger partial charge in [0.05, 0.1) is 12.0 Å². The molecule has 0 spiro atoms. The van der Waals surface area contributed by atoms with Crippen LogP contribution in [0.3, 0.4) is 0 Å². The minimum atomic E-state index is -1.13. The average Bonchev–Trinajstić information content (AvgIpc) is 2.72. The Kier molecular flexibility index (Phi) is 7.78. The van der Waals surface area contributed by atoms with Crippen molar-refractivity contribution >= 4 is 17.8 Å². The molecule has 4 N–H and O–H groups in total. The van der Waals surface area contributed by atoms with Crippen molar-refractivity contribution < 1.29 is 24.6 Å². The van der Waals surface area contributed by atoms with Gasteiger partial charge in [0, 0.05) is 29.6 Å². The van der Waals surface area contributed by atoms with E-state index in [9.17, 15) is 19.5 Å². The summed E-state index contributed by atoms with van der Waals surface area (Å²) in [6.07, 6.45) is -0.374. The number of nitrogens with zero attached hydrogens (tertiary/aromatic N) is 3. The number of phenols is 1. The number of rotatable bonds is 9. The summed E-state index contributed by atoms with van der Waals surface area (Å²) in [4.78, 5) is 38.0. The zero-order chi connectivity index (χ0) is 22.1. The largest absolute Gasteiger partial charge is 0.507 e. The summed E-state index contributed by atoms with van der Waals surface area (Å²) in [6.45, 7) is 1.71. The van der Waals surface area contributed by atoms with Crippen LogP contribution in [0.5, 0.6) is 5.75 Å². The van der Waals surface area contributed by atoms with Gasteiger partial charge in [-0.2, -0.15) is 0 Å². The Balaban J connectivity index is 1.97.